The Kier molecular flexibility index (Phi) is 5.44. The van der Waals surface area contributed by atoms with Gasteiger partial charge < -0.3 is 5.32 Å². The first-order valence-electron chi connectivity index (χ1n) is 8.12. The van der Waals surface area contributed by atoms with Gasteiger partial charge in [0.1, 0.15) is 0 Å². The summed E-state index contributed by atoms with van der Waals surface area (Å²) >= 11 is 12.2. The minimum absolute atomic E-state index is 0.147. The van der Waals surface area contributed by atoms with Crippen molar-refractivity contribution in [3.63, 3.8) is 0 Å². The molecule has 0 heterocycles. The van der Waals surface area contributed by atoms with Crippen LogP contribution in [0.25, 0.3) is 0 Å². The molecule has 3 rings (SSSR count). The highest BCUT2D eigenvalue weighted by Crippen LogP contribution is 2.41. The summed E-state index contributed by atoms with van der Waals surface area (Å²) in [6, 6.07) is 15.3. The molecule has 1 fully saturated rings. The number of carbonyl (C=O) groups excluding carboxylic acids is 1. The maximum Gasteiger partial charge on any atom is 0.241 e. The molecule has 1 aliphatic rings. The summed E-state index contributed by atoms with van der Waals surface area (Å²) in [7, 11) is 0. The first-order valence-corrected chi connectivity index (χ1v) is 8.87. The van der Waals surface area contributed by atoms with E-state index in [2.05, 4.69) is 22.8 Å². The molecule has 0 radical (unpaired) electrons. The SMILES string of the molecule is CC(NC(c1ccccc1)C1CC1)C(=O)Nc1c(Cl)cccc1Cl. The summed E-state index contributed by atoms with van der Waals surface area (Å²) in [6.07, 6.45) is 2.38. The van der Waals surface area contributed by atoms with E-state index in [1.807, 2.05) is 25.1 Å². The number of benzene rings is 2. The van der Waals surface area contributed by atoms with Crippen molar-refractivity contribution in [2.24, 2.45) is 5.92 Å². The number of amides is 1. The summed E-state index contributed by atoms with van der Waals surface area (Å²) < 4.78 is 0. The van der Waals surface area contributed by atoms with Gasteiger partial charge in [-0.3, -0.25) is 10.1 Å². The van der Waals surface area contributed by atoms with Crippen molar-refractivity contribution in [3.05, 3.63) is 64.1 Å². The normalized spacial score (nSPS) is 16.5. The number of rotatable bonds is 6. The maximum atomic E-state index is 12.5. The molecule has 1 aliphatic carbocycles. The summed E-state index contributed by atoms with van der Waals surface area (Å²) in [5.41, 5.74) is 1.68. The fraction of sp³-hybridized carbons (Fsp3) is 0.316. The third-order valence-corrected chi connectivity index (χ3v) is 4.92. The molecule has 1 saturated carbocycles. The van der Waals surface area contributed by atoms with Gasteiger partial charge in [0, 0.05) is 6.04 Å². The van der Waals surface area contributed by atoms with Crippen molar-refractivity contribution in [2.75, 3.05) is 5.32 Å². The van der Waals surface area contributed by atoms with Gasteiger partial charge >= 0.3 is 0 Å². The predicted octanol–water partition coefficient (Wildman–Crippen LogP) is 5.06. The van der Waals surface area contributed by atoms with E-state index < -0.39 is 0 Å². The minimum Gasteiger partial charge on any atom is -0.322 e. The number of carbonyl (C=O) groups is 1. The maximum absolute atomic E-state index is 12.5. The fourth-order valence-electron chi connectivity index (χ4n) is 2.79. The van der Waals surface area contributed by atoms with Crippen LogP contribution in [0.15, 0.2) is 48.5 Å². The van der Waals surface area contributed by atoms with Crippen LogP contribution in [0.5, 0.6) is 0 Å². The molecule has 5 heteroatoms. The Hall–Kier alpha value is -1.55. The van der Waals surface area contributed by atoms with Crippen molar-refractivity contribution in [1.29, 1.82) is 0 Å². The number of halogens is 2. The molecule has 2 atom stereocenters. The number of anilines is 1. The number of hydrogen-bond acceptors (Lipinski definition) is 2. The molecule has 2 aromatic rings. The van der Waals surface area contributed by atoms with E-state index in [4.69, 9.17) is 23.2 Å². The lowest BCUT2D eigenvalue weighted by Crippen LogP contribution is -2.41. The van der Waals surface area contributed by atoms with E-state index >= 15 is 0 Å². The van der Waals surface area contributed by atoms with Gasteiger partial charge in [0.15, 0.2) is 0 Å². The molecule has 126 valence electrons. The van der Waals surface area contributed by atoms with E-state index in [1.165, 1.54) is 18.4 Å². The van der Waals surface area contributed by atoms with Gasteiger partial charge in [0.05, 0.1) is 21.8 Å². The lowest BCUT2D eigenvalue weighted by Gasteiger charge is -2.23. The average Bonchev–Trinajstić information content (AvgIpc) is 3.41. The number of hydrogen-bond donors (Lipinski definition) is 2. The highest BCUT2D eigenvalue weighted by molar-refractivity contribution is 6.39. The Labute approximate surface area is 152 Å². The molecule has 0 bridgehead atoms. The molecule has 0 saturated heterocycles. The van der Waals surface area contributed by atoms with Crippen LogP contribution in [-0.4, -0.2) is 11.9 Å². The van der Waals surface area contributed by atoms with Crippen LogP contribution in [0.3, 0.4) is 0 Å². The Morgan fingerprint density at radius 3 is 2.25 bits per heavy atom. The van der Waals surface area contributed by atoms with Crippen molar-refractivity contribution < 1.29 is 4.79 Å². The van der Waals surface area contributed by atoms with Crippen molar-refractivity contribution in [3.8, 4) is 0 Å². The molecular weight excluding hydrogens is 343 g/mol. The van der Waals surface area contributed by atoms with Gasteiger partial charge in [0.2, 0.25) is 5.91 Å². The largest absolute Gasteiger partial charge is 0.322 e. The summed E-state index contributed by atoms with van der Waals surface area (Å²) in [5.74, 6) is 0.443. The van der Waals surface area contributed by atoms with Gasteiger partial charge in [-0.25, -0.2) is 0 Å². The monoisotopic (exact) mass is 362 g/mol. The third-order valence-electron chi connectivity index (χ3n) is 4.29. The second kappa shape index (κ2) is 7.56. The lowest BCUT2D eigenvalue weighted by atomic mass is 10.0. The van der Waals surface area contributed by atoms with Crippen LogP contribution in [0.2, 0.25) is 10.0 Å². The van der Waals surface area contributed by atoms with Crippen molar-refractivity contribution >= 4 is 34.8 Å². The van der Waals surface area contributed by atoms with Crippen molar-refractivity contribution in [1.82, 2.24) is 5.32 Å². The van der Waals surface area contributed by atoms with Crippen LogP contribution in [0.4, 0.5) is 5.69 Å². The first-order chi connectivity index (χ1) is 11.6. The molecule has 3 nitrogen and oxygen atoms in total. The van der Waals surface area contributed by atoms with Crippen LogP contribution in [0.1, 0.15) is 31.4 Å². The molecule has 2 aromatic carbocycles. The van der Waals surface area contributed by atoms with Crippen LogP contribution < -0.4 is 10.6 Å². The van der Waals surface area contributed by atoms with Gasteiger partial charge in [-0.2, -0.15) is 0 Å². The van der Waals surface area contributed by atoms with E-state index in [0.29, 0.717) is 21.7 Å². The highest BCUT2D eigenvalue weighted by atomic mass is 35.5. The average molecular weight is 363 g/mol. The highest BCUT2D eigenvalue weighted by Gasteiger charge is 2.34. The summed E-state index contributed by atoms with van der Waals surface area (Å²) in [4.78, 5) is 12.5. The molecule has 24 heavy (non-hydrogen) atoms. The number of nitrogens with one attached hydrogen (secondary N) is 2. The predicted molar refractivity (Wildman–Crippen MR) is 99.6 cm³/mol. The third kappa shape index (κ3) is 4.10. The van der Waals surface area contributed by atoms with E-state index in [1.54, 1.807) is 18.2 Å². The van der Waals surface area contributed by atoms with E-state index in [-0.39, 0.29) is 18.0 Å². The topological polar surface area (TPSA) is 41.1 Å². The van der Waals surface area contributed by atoms with Crippen LogP contribution >= 0.6 is 23.2 Å². The molecule has 2 N–H and O–H groups in total. The van der Waals surface area contributed by atoms with Gasteiger partial charge in [0.25, 0.3) is 0 Å². The summed E-state index contributed by atoms with van der Waals surface area (Å²) in [5, 5.41) is 7.16. The van der Waals surface area contributed by atoms with Crippen molar-refractivity contribution in [2.45, 2.75) is 31.8 Å². The lowest BCUT2D eigenvalue weighted by molar-refractivity contribution is -0.118. The van der Waals surface area contributed by atoms with Crippen LogP contribution in [-0.2, 0) is 4.79 Å². The van der Waals surface area contributed by atoms with Gasteiger partial charge in [-0.05, 0) is 43.4 Å². The molecule has 1 amide bonds. The second-order valence-corrected chi connectivity index (χ2v) is 7.01. The molecule has 2 unspecified atom stereocenters. The zero-order valence-electron chi connectivity index (χ0n) is 13.4. The Morgan fingerprint density at radius 1 is 1.04 bits per heavy atom. The standard InChI is InChI=1S/C19H20Cl2N2O/c1-12(19(24)23-18-15(20)8-5-9-16(18)21)22-17(14-10-11-14)13-6-3-2-4-7-13/h2-9,12,14,17,22H,10-11H2,1H3,(H,23,24). The fourth-order valence-corrected chi connectivity index (χ4v) is 3.28. The van der Waals surface area contributed by atoms with Gasteiger partial charge in [-0.1, -0.05) is 59.6 Å². The molecule has 0 aliphatic heterocycles. The zero-order valence-corrected chi connectivity index (χ0v) is 14.9. The smallest absolute Gasteiger partial charge is 0.241 e. The Balaban J connectivity index is 1.69. The first kappa shape index (κ1) is 17.3. The quantitative estimate of drug-likeness (QED) is 0.753. The van der Waals surface area contributed by atoms with Gasteiger partial charge in [-0.15, -0.1) is 0 Å². The minimum atomic E-state index is -0.358. The second-order valence-electron chi connectivity index (χ2n) is 6.20. The molecule has 0 spiro atoms. The molecular formula is C19H20Cl2N2O. The zero-order chi connectivity index (χ0) is 17.1. The van der Waals surface area contributed by atoms with E-state index in [9.17, 15) is 4.79 Å². The van der Waals surface area contributed by atoms with Crippen LogP contribution in [0, 0.1) is 5.92 Å². The Bertz CT molecular complexity index is 696. The molecule has 0 aromatic heterocycles. The van der Waals surface area contributed by atoms with E-state index in [0.717, 1.165) is 0 Å². The summed E-state index contributed by atoms with van der Waals surface area (Å²) in [6.45, 7) is 1.86. The Morgan fingerprint density at radius 2 is 1.67 bits per heavy atom. The number of para-hydroxylation sites is 1.